The fraction of sp³-hybridized carbons (Fsp3) is 0.333. The Morgan fingerprint density at radius 2 is 1.48 bits per heavy atom. The van der Waals surface area contributed by atoms with Gasteiger partial charge < -0.3 is 5.43 Å². The van der Waals surface area contributed by atoms with Crippen LogP contribution in [0.1, 0.15) is 6.42 Å². The van der Waals surface area contributed by atoms with Crippen LogP contribution >= 0.6 is 31.9 Å². The van der Waals surface area contributed by atoms with Crippen LogP contribution in [0.25, 0.3) is 0 Å². The molecule has 1 aromatic rings. The molecule has 0 saturated carbocycles. The highest BCUT2D eigenvalue weighted by atomic mass is 79.9. The number of hydrogen-bond donors (Lipinski definition) is 4. The summed E-state index contributed by atoms with van der Waals surface area (Å²) < 4.78 is 60.4. The minimum Gasteiger partial charge on any atom is -0.321 e. The molecule has 0 heterocycles. The molecule has 0 aliphatic rings. The van der Waals surface area contributed by atoms with E-state index in [9.17, 15) is 16.8 Å². The molecule has 1 rings (SSSR count). The van der Waals surface area contributed by atoms with Crippen molar-refractivity contribution < 1.29 is 25.9 Å². The third-order valence-electron chi connectivity index (χ3n) is 2.26. The molecule has 0 aromatic heterocycles. The molecule has 0 fully saturated rings. The van der Waals surface area contributed by atoms with Gasteiger partial charge in [0.1, 0.15) is 0 Å². The molecule has 0 atom stereocenters. The van der Waals surface area contributed by atoms with Gasteiger partial charge in [0.25, 0.3) is 20.2 Å². The van der Waals surface area contributed by atoms with Crippen LogP contribution in [-0.2, 0) is 20.2 Å². The van der Waals surface area contributed by atoms with E-state index in [1.54, 1.807) is 18.2 Å². The van der Waals surface area contributed by atoms with Crippen LogP contribution in [0.5, 0.6) is 0 Å². The summed E-state index contributed by atoms with van der Waals surface area (Å²) in [6.45, 7) is -0.131. The van der Waals surface area contributed by atoms with Crippen molar-refractivity contribution in [2.75, 3.05) is 12.0 Å². The Morgan fingerprint density at radius 1 is 1.00 bits per heavy atom. The minimum absolute atomic E-state index is 0.131. The van der Waals surface area contributed by atoms with Crippen molar-refractivity contribution in [3.8, 4) is 0 Å². The smallest absolute Gasteiger partial charge is 0.284 e. The SMILES string of the molecule is O=S(=O)(O)C(CCNNc1cc(Br)cc(Br)c1)S(=O)(=O)O. The van der Waals surface area contributed by atoms with Gasteiger partial charge >= 0.3 is 0 Å². The van der Waals surface area contributed by atoms with Crippen LogP contribution in [0.15, 0.2) is 27.1 Å². The third kappa shape index (κ3) is 6.59. The molecular weight excluding hydrogens is 456 g/mol. The van der Waals surface area contributed by atoms with E-state index in [-0.39, 0.29) is 6.54 Å². The zero-order chi connectivity index (χ0) is 16.3. The highest BCUT2D eigenvalue weighted by molar-refractivity contribution is 9.11. The van der Waals surface area contributed by atoms with E-state index in [0.29, 0.717) is 5.69 Å². The molecule has 8 nitrogen and oxygen atoms in total. The normalized spacial score (nSPS) is 12.6. The Balaban J connectivity index is 2.60. The predicted molar refractivity (Wildman–Crippen MR) is 85.0 cm³/mol. The topological polar surface area (TPSA) is 133 Å². The maximum absolute atomic E-state index is 10.9. The molecule has 21 heavy (non-hydrogen) atoms. The molecule has 0 amide bonds. The fourth-order valence-electron chi connectivity index (χ4n) is 1.43. The molecule has 120 valence electrons. The summed E-state index contributed by atoms with van der Waals surface area (Å²) in [6, 6.07) is 5.25. The Labute approximate surface area is 139 Å². The minimum atomic E-state index is -4.90. The lowest BCUT2D eigenvalue weighted by molar-refractivity contribution is 0.449. The summed E-state index contributed by atoms with van der Waals surface area (Å²) in [5.74, 6) is 0. The summed E-state index contributed by atoms with van der Waals surface area (Å²) in [5, 5.41) is 0. The molecule has 0 aliphatic heterocycles. The molecule has 12 heteroatoms. The number of rotatable bonds is 7. The lowest BCUT2D eigenvalue weighted by Crippen LogP contribution is -2.34. The molecule has 0 saturated heterocycles. The van der Waals surface area contributed by atoms with E-state index in [1.165, 1.54) is 0 Å². The Morgan fingerprint density at radius 3 is 1.90 bits per heavy atom. The van der Waals surface area contributed by atoms with Gasteiger partial charge in [0, 0.05) is 15.5 Å². The van der Waals surface area contributed by atoms with Crippen molar-refractivity contribution in [2.45, 2.75) is 11.0 Å². The lowest BCUT2D eigenvalue weighted by Gasteiger charge is -2.13. The largest absolute Gasteiger partial charge is 0.321 e. The van der Waals surface area contributed by atoms with Crippen molar-refractivity contribution in [3.63, 3.8) is 0 Å². The van der Waals surface area contributed by atoms with Crippen molar-refractivity contribution in [1.29, 1.82) is 0 Å². The average molecular weight is 468 g/mol. The van der Waals surface area contributed by atoms with Crippen LogP contribution in [0.4, 0.5) is 5.69 Å². The number of halogens is 2. The van der Waals surface area contributed by atoms with Crippen molar-refractivity contribution in [1.82, 2.24) is 5.43 Å². The van der Waals surface area contributed by atoms with E-state index in [0.717, 1.165) is 8.95 Å². The van der Waals surface area contributed by atoms with Crippen LogP contribution in [0.3, 0.4) is 0 Å². The maximum atomic E-state index is 10.9. The van der Waals surface area contributed by atoms with Gasteiger partial charge in [0.15, 0.2) is 0 Å². The van der Waals surface area contributed by atoms with E-state index >= 15 is 0 Å². The number of anilines is 1. The summed E-state index contributed by atoms with van der Waals surface area (Å²) in [6.07, 6.45) is -0.528. The maximum Gasteiger partial charge on any atom is 0.284 e. The van der Waals surface area contributed by atoms with Crippen LogP contribution in [0, 0.1) is 0 Å². The van der Waals surface area contributed by atoms with E-state index in [1.807, 2.05) is 0 Å². The molecule has 0 spiro atoms. The zero-order valence-corrected chi connectivity index (χ0v) is 15.1. The van der Waals surface area contributed by atoms with E-state index in [2.05, 4.69) is 42.7 Å². The Bertz CT molecular complexity index is 655. The summed E-state index contributed by atoms with van der Waals surface area (Å²) in [5.41, 5.74) is 5.94. The fourth-order valence-corrected chi connectivity index (χ4v) is 4.79. The van der Waals surface area contributed by atoms with Crippen LogP contribution < -0.4 is 10.9 Å². The van der Waals surface area contributed by atoms with Crippen LogP contribution in [-0.4, -0.2) is 37.1 Å². The van der Waals surface area contributed by atoms with Gasteiger partial charge in [-0.25, -0.2) is 5.43 Å². The summed E-state index contributed by atoms with van der Waals surface area (Å²) in [4.78, 5) is 0. The van der Waals surface area contributed by atoms with Gasteiger partial charge in [-0.15, -0.1) is 0 Å². The lowest BCUT2D eigenvalue weighted by atomic mass is 10.3. The van der Waals surface area contributed by atoms with Gasteiger partial charge in [-0.05, 0) is 24.6 Å². The number of benzene rings is 1. The highest BCUT2D eigenvalue weighted by Crippen LogP contribution is 2.22. The second-order valence-corrected chi connectivity index (χ2v) is 9.29. The van der Waals surface area contributed by atoms with Gasteiger partial charge in [0.2, 0.25) is 4.58 Å². The van der Waals surface area contributed by atoms with E-state index < -0.39 is 31.2 Å². The number of nitrogens with one attached hydrogen (secondary N) is 2. The average Bonchev–Trinajstić information content (AvgIpc) is 2.23. The number of hydrogen-bond acceptors (Lipinski definition) is 6. The van der Waals surface area contributed by atoms with Crippen molar-refractivity contribution in [3.05, 3.63) is 27.1 Å². The number of hydrazine groups is 1. The molecule has 0 aliphatic carbocycles. The quantitative estimate of drug-likeness (QED) is 0.270. The second-order valence-electron chi connectivity index (χ2n) is 3.96. The Kier molecular flexibility index (Phi) is 6.58. The molecule has 0 radical (unpaired) electrons. The van der Waals surface area contributed by atoms with Crippen molar-refractivity contribution >= 4 is 57.8 Å². The monoisotopic (exact) mass is 466 g/mol. The molecule has 1 aromatic carbocycles. The van der Waals surface area contributed by atoms with Gasteiger partial charge in [-0.2, -0.15) is 16.8 Å². The third-order valence-corrected chi connectivity index (χ3v) is 6.44. The first-order valence-electron chi connectivity index (χ1n) is 5.38. The molecule has 4 N–H and O–H groups in total. The highest BCUT2D eigenvalue weighted by Gasteiger charge is 2.34. The Hall–Kier alpha value is -0.240. The first-order valence-corrected chi connectivity index (χ1v) is 9.97. The molecular formula is C9H12Br2N2O6S2. The first kappa shape index (κ1) is 18.8. The van der Waals surface area contributed by atoms with Gasteiger partial charge in [-0.3, -0.25) is 9.11 Å². The summed E-state index contributed by atoms with van der Waals surface area (Å²) in [7, 11) is -9.80. The molecule has 0 bridgehead atoms. The van der Waals surface area contributed by atoms with Gasteiger partial charge in [0.05, 0.1) is 5.69 Å². The predicted octanol–water partition coefficient (Wildman–Crippen LogP) is 1.62. The van der Waals surface area contributed by atoms with Crippen molar-refractivity contribution in [2.24, 2.45) is 0 Å². The summed E-state index contributed by atoms with van der Waals surface area (Å²) >= 11 is 6.55. The standard InChI is InChI=1S/C9H12Br2N2O6S2/c10-6-3-7(11)5-8(4-6)13-12-2-1-9(20(14,15)16)21(17,18)19/h3-5,9,12-13H,1-2H2,(H,14,15,16)(H,17,18,19). The molecule has 0 unspecified atom stereocenters. The van der Waals surface area contributed by atoms with E-state index in [4.69, 9.17) is 9.11 Å². The second kappa shape index (κ2) is 7.35. The zero-order valence-electron chi connectivity index (χ0n) is 10.3. The van der Waals surface area contributed by atoms with Gasteiger partial charge in [-0.1, -0.05) is 31.9 Å². The first-order chi connectivity index (χ1) is 9.50. The van der Waals surface area contributed by atoms with Crippen LogP contribution in [0.2, 0.25) is 0 Å².